The van der Waals surface area contributed by atoms with Gasteiger partial charge in [0.15, 0.2) is 5.82 Å². The van der Waals surface area contributed by atoms with Crippen molar-refractivity contribution in [2.24, 2.45) is 5.41 Å². The van der Waals surface area contributed by atoms with E-state index < -0.39 is 0 Å². The Balaban J connectivity index is 2.08. The Kier molecular flexibility index (Phi) is 3.93. The van der Waals surface area contributed by atoms with E-state index in [-0.39, 0.29) is 0 Å². The van der Waals surface area contributed by atoms with E-state index in [0.717, 1.165) is 18.9 Å². The van der Waals surface area contributed by atoms with Crippen LogP contribution in [-0.4, -0.2) is 23.2 Å². The Morgan fingerprint density at radius 1 is 1.44 bits per heavy atom. The highest BCUT2D eigenvalue weighted by atomic mass is 16.5. The molecule has 2 rings (SSSR count). The summed E-state index contributed by atoms with van der Waals surface area (Å²) < 4.78 is 5.40. The summed E-state index contributed by atoms with van der Waals surface area (Å²) in [7, 11) is 0. The van der Waals surface area contributed by atoms with Crippen molar-refractivity contribution in [3.63, 3.8) is 0 Å². The van der Waals surface area contributed by atoms with Crippen molar-refractivity contribution in [1.29, 1.82) is 0 Å². The number of rotatable bonds is 4. The van der Waals surface area contributed by atoms with Gasteiger partial charge in [-0.1, -0.05) is 39.3 Å². The Morgan fingerprint density at radius 3 is 2.83 bits per heavy atom. The minimum atomic E-state index is 0.328. The minimum absolute atomic E-state index is 0.328. The van der Waals surface area contributed by atoms with Crippen LogP contribution >= 0.6 is 0 Å². The predicted octanol–water partition coefficient (Wildman–Crippen LogP) is 3.60. The maximum atomic E-state index is 5.40. The molecular weight excluding hydrogens is 226 g/mol. The summed E-state index contributed by atoms with van der Waals surface area (Å²) in [5.74, 6) is 1.14. The van der Waals surface area contributed by atoms with E-state index in [1.54, 1.807) is 0 Å². The molecule has 0 aliphatic carbocycles. The van der Waals surface area contributed by atoms with Crippen LogP contribution in [0.15, 0.2) is 4.52 Å². The van der Waals surface area contributed by atoms with Crippen molar-refractivity contribution >= 4 is 6.01 Å². The topological polar surface area (TPSA) is 42.2 Å². The van der Waals surface area contributed by atoms with E-state index in [9.17, 15) is 0 Å². The molecule has 1 aromatic rings. The lowest BCUT2D eigenvalue weighted by Crippen LogP contribution is -2.41. The molecule has 1 fully saturated rings. The van der Waals surface area contributed by atoms with Crippen LogP contribution in [0.5, 0.6) is 0 Å². The number of hydrogen-bond donors (Lipinski definition) is 0. The van der Waals surface area contributed by atoms with Crippen molar-refractivity contribution in [3.8, 4) is 0 Å². The number of piperidine rings is 1. The van der Waals surface area contributed by atoms with Gasteiger partial charge in [0.25, 0.3) is 0 Å². The molecule has 1 saturated heterocycles. The SMILES string of the molecule is CCCC1(C)CCCN(c2nc(C(C)C)no2)C1. The maximum Gasteiger partial charge on any atom is 0.324 e. The van der Waals surface area contributed by atoms with Gasteiger partial charge >= 0.3 is 6.01 Å². The molecule has 0 bridgehead atoms. The Morgan fingerprint density at radius 2 is 2.22 bits per heavy atom. The van der Waals surface area contributed by atoms with Gasteiger partial charge in [-0.25, -0.2) is 0 Å². The first-order valence-corrected chi connectivity index (χ1v) is 7.12. The third-order valence-corrected chi connectivity index (χ3v) is 3.85. The molecule has 1 unspecified atom stereocenters. The molecule has 4 heteroatoms. The molecule has 18 heavy (non-hydrogen) atoms. The Bertz CT molecular complexity index is 384. The van der Waals surface area contributed by atoms with Crippen LogP contribution in [0.3, 0.4) is 0 Å². The zero-order valence-corrected chi connectivity index (χ0v) is 12.1. The van der Waals surface area contributed by atoms with Crippen LogP contribution in [0.1, 0.15) is 65.1 Å². The van der Waals surface area contributed by atoms with E-state index in [1.807, 2.05) is 0 Å². The van der Waals surface area contributed by atoms with Crippen molar-refractivity contribution in [3.05, 3.63) is 5.82 Å². The van der Waals surface area contributed by atoms with Gasteiger partial charge in [-0.3, -0.25) is 0 Å². The normalized spacial score (nSPS) is 24.8. The van der Waals surface area contributed by atoms with Crippen LogP contribution in [0.4, 0.5) is 6.01 Å². The van der Waals surface area contributed by atoms with Gasteiger partial charge in [-0.2, -0.15) is 4.98 Å². The fourth-order valence-electron chi connectivity index (χ4n) is 2.88. The molecule has 0 amide bonds. The second kappa shape index (κ2) is 5.29. The van der Waals surface area contributed by atoms with Crippen LogP contribution in [0, 0.1) is 5.41 Å². The molecule has 0 N–H and O–H groups in total. The van der Waals surface area contributed by atoms with E-state index in [1.165, 1.54) is 25.7 Å². The first-order valence-electron chi connectivity index (χ1n) is 7.12. The zero-order valence-electron chi connectivity index (χ0n) is 12.1. The molecule has 1 aromatic heterocycles. The van der Waals surface area contributed by atoms with E-state index in [2.05, 4.69) is 42.7 Å². The van der Waals surface area contributed by atoms with Crippen molar-refractivity contribution in [2.75, 3.05) is 18.0 Å². The van der Waals surface area contributed by atoms with Crippen molar-refractivity contribution in [1.82, 2.24) is 10.1 Å². The molecule has 1 aliphatic rings. The summed E-state index contributed by atoms with van der Waals surface area (Å²) >= 11 is 0. The predicted molar refractivity (Wildman–Crippen MR) is 72.8 cm³/mol. The van der Waals surface area contributed by atoms with Gasteiger partial charge in [0, 0.05) is 19.0 Å². The lowest BCUT2D eigenvalue weighted by Gasteiger charge is -2.39. The summed E-state index contributed by atoms with van der Waals surface area (Å²) in [6.45, 7) is 10.9. The molecule has 0 aromatic carbocycles. The smallest absolute Gasteiger partial charge is 0.324 e. The molecule has 2 heterocycles. The minimum Gasteiger partial charge on any atom is -0.324 e. The van der Waals surface area contributed by atoms with Gasteiger partial charge in [0.1, 0.15) is 0 Å². The molecule has 0 saturated carbocycles. The number of nitrogens with zero attached hydrogens (tertiary/aromatic N) is 3. The summed E-state index contributed by atoms with van der Waals surface area (Å²) in [6.07, 6.45) is 5.04. The van der Waals surface area contributed by atoms with E-state index in [4.69, 9.17) is 4.52 Å². The first kappa shape index (κ1) is 13.4. The molecule has 0 radical (unpaired) electrons. The fraction of sp³-hybridized carbons (Fsp3) is 0.857. The van der Waals surface area contributed by atoms with Crippen LogP contribution < -0.4 is 4.90 Å². The van der Waals surface area contributed by atoms with Crippen LogP contribution in [0.2, 0.25) is 0 Å². The van der Waals surface area contributed by atoms with Gasteiger partial charge in [-0.05, 0) is 24.7 Å². The lowest BCUT2D eigenvalue weighted by atomic mass is 9.78. The van der Waals surface area contributed by atoms with E-state index in [0.29, 0.717) is 17.3 Å². The second-order valence-electron chi connectivity index (χ2n) is 6.18. The van der Waals surface area contributed by atoms with Crippen LogP contribution in [-0.2, 0) is 0 Å². The highest BCUT2D eigenvalue weighted by molar-refractivity contribution is 5.27. The average molecular weight is 251 g/mol. The molecular formula is C14H25N3O. The molecule has 102 valence electrons. The maximum absolute atomic E-state index is 5.40. The van der Waals surface area contributed by atoms with Gasteiger partial charge in [-0.15, -0.1) is 0 Å². The summed E-state index contributed by atoms with van der Waals surface area (Å²) in [5, 5.41) is 4.06. The first-order chi connectivity index (χ1) is 8.54. The molecule has 0 spiro atoms. The van der Waals surface area contributed by atoms with Crippen molar-refractivity contribution < 1.29 is 4.52 Å². The number of aromatic nitrogens is 2. The molecule has 1 aliphatic heterocycles. The quantitative estimate of drug-likeness (QED) is 0.820. The highest BCUT2D eigenvalue weighted by Crippen LogP contribution is 2.35. The number of anilines is 1. The Labute approximate surface area is 110 Å². The van der Waals surface area contributed by atoms with Crippen molar-refractivity contribution in [2.45, 2.75) is 59.3 Å². The third kappa shape index (κ3) is 2.85. The summed E-state index contributed by atoms with van der Waals surface area (Å²) in [6, 6.07) is 0.709. The molecule has 1 atom stereocenters. The monoisotopic (exact) mass is 251 g/mol. The molecule has 4 nitrogen and oxygen atoms in total. The second-order valence-corrected chi connectivity index (χ2v) is 6.18. The average Bonchev–Trinajstić information content (AvgIpc) is 2.78. The highest BCUT2D eigenvalue weighted by Gasteiger charge is 2.32. The Hall–Kier alpha value is -1.06. The van der Waals surface area contributed by atoms with Gasteiger partial charge in [0.05, 0.1) is 0 Å². The van der Waals surface area contributed by atoms with Gasteiger partial charge < -0.3 is 9.42 Å². The standard InChI is InChI=1S/C14H25N3O/c1-5-7-14(4)8-6-9-17(10-14)13-15-12(11(2)3)16-18-13/h11H,5-10H2,1-4H3. The fourth-order valence-corrected chi connectivity index (χ4v) is 2.88. The van der Waals surface area contributed by atoms with Gasteiger partial charge in [0.2, 0.25) is 0 Å². The van der Waals surface area contributed by atoms with Crippen LogP contribution in [0.25, 0.3) is 0 Å². The summed E-state index contributed by atoms with van der Waals surface area (Å²) in [5.41, 5.74) is 0.402. The largest absolute Gasteiger partial charge is 0.324 e. The lowest BCUT2D eigenvalue weighted by molar-refractivity contribution is 0.230. The number of hydrogen-bond acceptors (Lipinski definition) is 4. The van der Waals surface area contributed by atoms with E-state index >= 15 is 0 Å². The summed E-state index contributed by atoms with van der Waals surface area (Å²) in [4.78, 5) is 6.77. The third-order valence-electron chi connectivity index (χ3n) is 3.85. The zero-order chi connectivity index (χ0) is 13.2.